The number of hydrogen-bond donors (Lipinski definition) is 2. The van der Waals surface area contributed by atoms with E-state index in [0.29, 0.717) is 28.8 Å². The van der Waals surface area contributed by atoms with Crippen LogP contribution in [0.15, 0.2) is 103 Å². The number of amides is 2. The summed E-state index contributed by atoms with van der Waals surface area (Å²) >= 11 is 0. The summed E-state index contributed by atoms with van der Waals surface area (Å²) in [6.45, 7) is 0.657. The van der Waals surface area contributed by atoms with E-state index in [-0.39, 0.29) is 31.3 Å². The largest absolute Gasteiger partial charge is 0.497 e. The fourth-order valence-electron chi connectivity index (χ4n) is 4.30. The molecule has 0 spiro atoms. The van der Waals surface area contributed by atoms with Crippen LogP contribution >= 0.6 is 0 Å². The van der Waals surface area contributed by atoms with Gasteiger partial charge in [0.25, 0.3) is 11.8 Å². The number of carbonyl (C=O) groups is 3. The van der Waals surface area contributed by atoms with Gasteiger partial charge in [-0.3, -0.25) is 14.4 Å². The van der Waals surface area contributed by atoms with E-state index in [4.69, 9.17) is 4.74 Å². The molecule has 2 amide bonds. The lowest BCUT2D eigenvalue weighted by molar-refractivity contribution is -0.137. The van der Waals surface area contributed by atoms with Crippen LogP contribution in [-0.2, 0) is 17.9 Å². The van der Waals surface area contributed by atoms with Crippen molar-refractivity contribution < 1.29 is 24.2 Å². The highest BCUT2D eigenvalue weighted by Crippen LogP contribution is 2.29. The van der Waals surface area contributed by atoms with Crippen molar-refractivity contribution in [2.24, 2.45) is 0 Å². The molecule has 198 valence electrons. The van der Waals surface area contributed by atoms with E-state index in [1.165, 1.54) is 4.90 Å². The van der Waals surface area contributed by atoms with Gasteiger partial charge >= 0.3 is 5.97 Å². The van der Waals surface area contributed by atoms with Crippen LogP contribution in [0, 0.1) is 0 Å². The second kappa shape index (κ2) is 13.1. The van der Waals surface area contributed by atoms with E-state index in [1.807, 2.05) is 72.8 Å². The first-order chi connectivity index (χ1) is 19.0. The van der Waals surface area contributed by atoms with Crippen LogP contribution in [-0.4, -0.2) is 41.4 Å². The molecule has 0 radical (unpaired) electrons. The molecule has 0 fully saturated rings. The molecule has 0 aromatic heterocycles. The van der Waals surface area contributed by atoms with Crippen LogP contribution < -0.4 is 10.1 Å². The zero-order valence-corrected chi connectivity index (χ0v) is 21.7. The van der Waals surface area contributed by atoms with Gasteiger partial charge in [0.15, 0.2) is 0 Å². The number of ether oxygens (including phenoxy) is 1. The molecule has 7 nitrogen and oxygen atoms in total. The fourth-order valence-corrected chi connectivity index (χ4v) is 4.30. The lowest BCUT2D eigenvalue weighted by atomic mass is 9.94. The van der Waals surface area contributed by atoms with Gasteiger partial charge in [-0.05, 0) is 46.5 Å². The van der Waals surface area contributed by atoms with Gasteiger partial charge in [0.2, 0.25) is 0 Å². The Bertz CT molecular complexity index is 1430. The maximum atomic E-state index is 13.8. The molecule has 0 atom stereocenters. The zero-order chi connectivity index (χ0) is 27.6. The number of carbonyl (C=O) groups excluding carboxylic acids is 2. The van der Waals surface area contributed by atoms with E-state index in [9.17, 15) is 19.5 Å². The number of benzene rings is 4. The van der Waals surface area contributed by atoms with Crippen LogP contribution in [0.5, 0.6) is 5.75 Å². The molecule has 39 heavy (non-hydrogen) atoms. The molecule has 0 bridgehead atoms. The van der Waals surface area contributed by atoms with Gasteiger partial charge in [-0.1, -0.05) is 78.9 Å². The van der Waals surface area contributed by atoms with Crippen LogP contribution in [0.1, 0.15) is 38.3 Å². The molecule has 0 saturated carbocycles. The van der Waals surface area contributed by atoms with Crippen molar-refractivity contribution in [2.45, 2.75) is 19.5 Å². The Balaban J connectivity index is 1.61. The third-order valence-corrected chi connectivity index (χ3v) is 6.33. The van der Waals surface area contributed by atoms with Crippen molar-refractivity contribution in [2.75, 3.05) is 13.7 Å². The Kier molecular flexibility index (Phi) is 9.08. The number of carboxylic acids is 1. The van der Waals surface area contributed by atoms with E-state index >= 15 is 0 Å². The average Bonchev–Trinajstić information content (AvgIpc) is 2.98. The Labute approximate surface area is 227 Å². The molecule has 2 N–H and O–H groups in total. The van der Waals surface area contributed by atoms with Crippen LogP contribution in [0.4, 0.5) is 0 Å². The number of methoxy groups -OCH3 is 1. The zero-order valence-electron chi connectivity index (χ0n) is 21.7. The normalized spacial score (nSPS) is 10.5. The fraction of sp³-hybridized carbons (Fsp3) is 0.156. The van der Waals surface area contributed by atoms with E-state index in [1.54, 1.807) is 37.4 Å². The van der Waals surface area contributed by atoms with Gasteiger partial charge in [-0.2, -0.15) is 0 Å². The third kappa shape index (κ3) is 7.11. The van der Waals surface area contributed by atoms with Crippen molar-refractivity contribution in [3.05, 3.63) is 125 Å². The number of aliphatic carboxylic acids is 1. The second-order valence-electron chi connectivity index (χ2n) is 8.98. The van der Waals surface area contributed by atoms with Crippen LogP contribution in [0.2, 0.25) is 0 Å². The number of nitrogens with one attached hydrogen (secondary N) is 1. The van der Waals surface area contributed by atoms with Crippen molar-refractivity contribution in [3.63, 3.8) is 0 Å². The molecular formula is C32H30N2O5. The topological polar surface area (TPSA) is 95.9 Å². The third-order valence-electron chi connectivity index (χ3n) is 6.33. The van der Waals surface area contributed by atoms with Crippen LogP contribution in [0.3, 0.4) is 0 Å². The predicted octanol–water partition coefficient (Wildman–Crippen LogP) is 5.41. The van der Waals surface area contributed by atoms with Crippen molar-refractivity contribution >= 4 is 17.8 Å². The van der Waals surface area contributed by atoms with Gasteiger partial charge in [0.05, 0.1) is 13.5 Å². The lowest BCUT2D eigenvalue weighted by Gasteiger charge is -2.24. The first-order valence-corrected chi connectivity index (χ1v) is 12.6. The molecule has 4 aromatic rings. The summed E-state index contributed by atoms with van der Waals surface area (Å²) in [6, 6.07) is 31.1. The molecule has 0 saturated heterocycles. The molecule has 0 aliphatic carbocycles. The minimum atomic E-state index is -0.979. The van der Waals surface area contributed by atoms with Gasteiger partial charge < -0.3 is 20.1 Å². The van der Waals surface area contributed by atoms with E-state index in [0.717, 1.165) is 16.9 Å². The minimum absolute atomic E-state index is 0.0569. The molecule has 4 aromatic carbocycles. The lowest BCUT2D eigenvalue weighted by Crippen LogP contribution is -2.33. The maximum Gasteiger partial charge on any atom is 0.305 e. The minimum Gasteiger partial charge on any atom is -0.497 e. The number of rotatable bonds is 11. The summed E-state index contributed by atoms with van der Waals surface area (Å²) in [5.74, 6) is -0.811. The van der Waals surface area contributed by atoms with E-state index < -0.39 is 5.97 Å². The number of nitrogens with zero attached hydrogens (tertiary/aromatic N) is 1. The summed E-state index contributed by atoms with van der Waals surface area (Å²) in [5, 5.41) is 12.2. The Morgan fingerprint density at radius 1 is 0.744 bits per heavy atom. The molecule has 0 heterocycles. The molecule has 7 heteroatoms. The predicted molar refractivity (Wildman–Crippen MR) is 149 cm³/mol. The quantitative estimate of drug-likeness (QED) is 0.275. The van der Waals surface area contributed by atoms with Gasteiger partial charge in [-0.25, -0.2) is 0 Å². The first kappa shape index (κ1) is 27.1. The maximum absolute atomic E-state index is 13.8. The molecule has 4 rings (SSSR count). The Hall–Kier alpha value is -4.91. The van der Waals surface area contributed by atoms with Gasteiger partial charge in [0.1, 0.15) is 5.75 Å². The number of hydrogen-bond acceptors (Lipinski definition) is 4. The SMILES string of the molecule is COc1ccc(CNC(=O)c2ccccc2-c2ccccc2C(=O)N(CCC(=O)O)Cc2ccccc2)cc1. The number of carboxylic acid groups (broad SMARTS) is 1. The average molecular weight is 523 g/mol. The van der Waals surface area contributed by atoms with Gasteiger partial charge in [0, 0.05) is 30.8 Å². The second-order valence-corrected chi connectivity index (χ2v) is 8.98. The highest BCUT2D eigenvalue weighted by atomic mass is 16.5. The van der Waals surface area contributed by atoms with E-state index in [2.05, 4.69) is 5.32 Å². The monoisotopic (exact) mass is 522 g/mol. The summed E-state index contributed by atoms with van der Waals surface area (Å²) in [4.78, 5) is 40.0. The summed E-state index contributed by atoms with van der Waals surface area (Å²) in [5.41, 5.74) is 3.87. The summed E-state index contributed by atoms with van der Waals surface area (Å²) in [6.07, 6.45) is -0.176. The summed E-state index contributed by atoms with van der Waals surface area (Å²) < 4.78 is 5.19. The molecular weight excluding hydrogens is 492 g/mol. The standard InChI is InChI=1S/C32H30N2O5/c1-39-25-17-15-23(16-18-25)21-33-31(37)28-13-7-5-11-26(28)27-12-6-8-14-29(27)32(38)34(20-19-30(35)36)22-24-9-3-2-4-10-24/h2-18H,19-22H2,1H3,(H,33,37)(H,35,36). The Morgan fingerprint density at radius 3 is 1.97 bits per heavy atom. The van der Waals surface area contributed by atoms with Crippen molar-refractivity contribution in [1.82, 2.24) is 10.2 Å². The van der Waals surface area contributed by atoms with Crippen molar-refractivity contribution in [3.8, 4) is 16.9 Å². The highest BCUT2D eigenvalue weighted by Gasteiger charge is 2.22. The van der Waals surface area contributed by atoms with Crippen molar-refractivity contribution in [1.29, 1.82) is 0 Å². The first-order valence-electron chi connectivity index (χ1n) is 12.6. The Morgan fingerprint density at radius 2 is 1.33 bits per heavy atom. The van der Waals surface area contributed by atoms with Gasteiger partial charge in [-0.15, -0.1) is 0 Å². The summed E-state index contributed by atoms with van der Waals surface area (Å²) in [7, 11) is 1.60. The molecule has 0 aliphatic rings. The molecule has 0 aliphatic heterocycles. The molecule has 0 unspecified atom stereocenters. The highest BCUT2D eigenvalue weighted by molar-refractivity contribution is 6.06. The van der Waals surface area contributed by atoms with Crippen LogP contribution in [0.25, 0.3) is 11.1 Å². The smallest absolute Gasteiger partial charge is 0.305 e.